The van der Waals surface area contributed by atoms with Crippen LogP contribution in [0.15, 0.2) is 0 Å². The summed E-state index contributed by atoms with van der Waals surface area (Å²) < 4.78 is 6.40. The summed E-state index contributed by atoms with van der Waals surface area (Å²) in [4.78, 5) is 13.2. The minimum absolute atomic E-state index is 0.0207. The molecule has 0 aromatic carbocycles. The van der Waals surface area contributed by atoms with Crippen LogP contribution < -0.4 is 0 Å². The van der Waals surface area contributed by atoms with Gasteiger partial charge in [0.1, 0.15) is 6.10 Å². The van der Waals surface area contributed by atoms with E-state index in [0.29, 0.717) is 29.6 Å². The van der Waals surface area contributed by atoms with Gasteiger partial charge in [-0.05, 0) is 116 Å². The fourth-order valence-electron chi connectivity index (χ4n) is 14.0. The summed E-state index contributed by atoms with van der Waals surface area (Å²) in [6, 6.07) is 0. The van der Waals surface area contributed by atoms with Crippen molar-refractivity contribution < 1.29 is 14.6 Å². The number of esters is 1. The maximum absolute atomic E-state index is 13.2. The van der Waals surface area contributed by atoms with Gasteiger partial charge in [-0.15, -0.1) is 0 Å². The van der Waals surface area contributed by atoms with Crippen molar-refractivity contribution in [2.45, 2.75) is 235 Å². The van der Waals surface area contributed by atoms with E-state index in [1.54, 1.807) is 0 Å². The Morgan fingerprint density at radius 3 is 1.78 bits per heavy atom. The lowest BCUT2D eigenvalue weighted by Gasteiger charge is -2.76. The number of unbranched alkanes of at least 4 members (excludes halogenated alkanes) is 12. The fraction of sp³-hybridized carbons (Fsp3) is 0.978. The Bertz CT molecular complexity index is 1110. The number of hydrogen-bond acceptors (Lipinski definition) is 3. The fourth-order valence-corrected chi connectivity index (χ4v) is 14.0. The molecule has 5 aliphatic rings. The van der Waals surface area contributed by atoms with Crippen LogP contribution in [0.1, 0.15) is 223 Å². The highest BCUT2D eigenvalue weighted by Gasteiger charge is 2.74. The number of hydrogen-bond donors (Lipinski definition) is 1. The molecular formula is C46H82O3. The van der Waals surface area contributed by atoms with Gasteiger partial charge in [-0.2, -0.15) is 0 Å². The molecule has 3 heteroatoms. The molecule has 9 atom stereocenters. The lowest BCUT2D eigenvalue weighted by Crippen LogP contribution is -2.73. The topological polar surface area (TPSA) is 46.5 Å². The molecule has 0 bridgehead atoms. The smallest absolute Gasteiger partial charge is 0.306 e. The number of ether oxygens (including phenoxy) is 1. The molecule has 0 spiro atoms. The molecule has 0 saturated heterocycles. The lowest BCUT2D eigenvalue weighted by atomic mass is 9.30. The highest BCUT2D eigenvalue weighted by molar-refractivity contribution is 5.69. The first kappa shape index (κ1) is 39.6. The van der Waals surface area contributed by atoms with Gasteiger partial charge in [0.05, 0.1) is 5.60 Å². The molecule has 0 aliphatic heterocycles. The van der Waals surface area contributed by atoms with E-state index in [9.17, 15) is 9.90 Å². The highest BCUT2D eigenvalue weighted by Crippen LogP contribution is 2.78. The van der Waals surface area contributed by atoms with Crippen molar-refractivity contribution >= 4 is 5.97 Å². The molecule has 5 rings (SSSR count). The van der Waals surface area contributed by atoms with Crippen molar-refractivity contribution in [2.75, 3.05) is 0 Å². The first-order valence-electron chi connectivity index (χ1n) is 21.9. The summed E-state index contributed by atoms with van der Waals surface area (Å²) in [5.41, 5.74) is 0.343. The number of fused-ring (bicyclic) bond motifs is 7. The average molecular weight is 683 g/mol. The minimum Gasteiger partial charge on any atom is -0.462 e. The molecule has 5 fully saturated rings. The largest absolute Gasteiger partial charge is 0.462 e. The van der Waals surface area contributed by atoms with Gasteiger partial charge in [0.2, 0.25) is 0 Å². The third kappa shape index (κ3) is 7.35. The molecule has 0 aromatic rings. The third-order valence-electron chi connectivity index (χ3n) is 17.5. The van der Waals surface area contributed by atoms with Gasteiger partial charge in [0.15, 0.2) is 0 Å². The number of carbonyl (C=O) groups excluding carboxylic acids is 1. The summed E-state index contributed by atoms with van der Waals surface area (Å²) in [6.45, 7) is 22.4. The number of carbonyl (C=O) groups is 1. The van der Waals surface area contributed by atoms with E-state index >= 15 is 0 Å². The third-order valence-corrected chi connectivity index (χ3v) is 17.5. The quantitative estimate of drug-likeness (QED) is 0.138. The van der Waals surface area contributed by atoms with Gasteiger partial charge in [0, 0.05) is 17.3 Å². The van der Waals surface area contributed by atoms with Gasteiger partial charge in [-0.3, -0.25) is 4.79 Å². The summed E-state index contributed by atoms with van der Waals surface area (Å²) >= 11 is 0. The molecule has 0 heterocycles. The molecule has 0 amide bonds. The van der Waals surface area contributed by atoms with E-state index in [0.717, 1.165) is 38.5 Å². The van der Waals surface area contributed by atoms with Crippen LogP contribution in [0.5, 0.6) is 0 Å². The van der Waals surface area contributed by atoms with Gasteiger partial charge < -0.3 is 9.84 Å². The molecule has 0 aromatic heterocycles. The highest BCUT2D eigenvalue weighted by atomic mass is 16.5. The van der Waals surface area contributed by atoms with Gasteiger partial charge in [-0.25, -0.2) is 0 Å². The number of aliphatic hydroxyl groups is 1. The van der Waals surface area contributed by atoms with Crippen LogP contribution in [0.25, 0.3) is 0 Å². The Hall–Kier alpha value is -0.570. The Morgan fingerprint density at radius 1 is 0.612 bits per heavy atom. The van der Waals surface area contributed by atoms with Crippen molar-refractivity contribution in [1.29, 1.82) is 0 Å². The summed E-state index contributed by atoms with van der Waals surface area (Å²) in [5, 5.41) is 13.1. The Morgan fingerprint density at radius 2 is 1.16 bits per heavy atom. The first-order chi connectivity index (χ1) is 23.0. The van der Waals surface area contributed by atoms with E-state index in [2.05, 4.69) is 62.3 Å². The SMILES string of the molecule is CCCCCCCCCCCCCCCC(=O)OC1CCC2(C)C(CCC3(C)C2CCC2(O)C4CC(C)(C)CCC4(C)CCC32C)C1(C)C. The Kier molecular flexibility index (Phi) is 12.2. The van der Waals surface area contributed by atoms with Crippen LogP contribution in [0.4, 0.5) is 0 Å². The van der Waals surface area contributed by atoms with E-state index in [-0.39, 0.29) is 39.1 Å². The van der Waals surface area contributed by atoms with Crippen molar-refractivity contribution in [1.82, 2.24) is 0 Å². The predicted molar refractivity (Wildman–Crippen MR) is 206 cm³/mol. The molecule has 49 heavy (non-hydrogen) atoms. The summed E-state index contributed by atoms with van der Waals surface area (Å²) in [5.74, 6) is 1.62. The molecule has 9 unspecified atom stereocenters. The van der Waals surface area contributed by atoms with Crippen molar-refractivity contribution in [3.63, 3.8) is 0 Å². The van der Waals surface area contributed by atoms with Crippen LogP contribution in [-0.4, -0.2) is 22.8 Å². The van der Waals surface area contributed by atoms with E-state index in [4.69, 9.17) is 4.74 Å². The van der Waals surface area contributed by atoms with Crippen molar-refractivity contribution in [3.05, 3.63) is 0 Å². The van der Waals surface area contributed by atoms with E-state index in [1.165, 1.54) is 116 Å². The van der Waals surface area contributed by atoms with E-state index < -0.39 is 5.60 Å². The summed E-state index contributed by atoms with van der Waals surface area (Å²) in [7, 11) is 0. The average Bonchev–Trinajstić information content (AvgIpc) is 3.03. The number of rotatable bonds is 15. The molecule has 5 saturated carbocycles. The van der Waals surface area contributed by atoms with Crippen LogP contribution in [-0.2, 0) is 9.53 Å². The van der Waals surface area contributed by atoms with Crippen molar-refractivity contribution in [3.8, 4) is 0 Å². The maximum atomic E-state index is 13.2. The maximum Gasteiger partial charge on any atom is 0.306 e. The zero-order valence-corrected chi connectivity index (χ0v) is 34.3. The Balaban J connectivity index is 1.13. The van der Waals surface area contributed by atoms with Gasteiger partial charge >= 0.3 is 5.97 Å². The van der Waals surface area contributed by atoms with Gasteiger partial charge in [0.25, 0.3) is 0 Å². The van der Waals surface area contributed by atoms with Crippen LogP contribution in [0.2, 0.25) is 0 Å². The lowest BCUT2D eigenvalue weighted by molar-refractivity contribution is -0.313. The standard InChI is InChI=1S/C46H82O3/c1-10-11-12-13-14-15-16-17-18-19-20-21-22-23-39(47)49-38-26-27-43(7)35(41(38,4)5)24-28-44(8)36(43)25-29-46(48)37-34-40(2,3)30-31-42(37,6)32-33-45(44,46)9/h35-38,48H,10-34H2,1-9H3. The zero-order chi connectivity index (χ0) is 35.8. The summed E-state index contributed by atoms with van der Waals surface area (Å²) in [6.07, 6.45) is 30.7. The minimum atomic E-state index is -0.568. The van der Waals surface area contributed by atoms with Crippen LogP contribution in [0.3, 0.4) is 0 Å². The second kappa shape index (κ2) is 15.0. The second-order valence-electron chi connectivity index (χ2n) is 21.3. The molecule has 0 radical (unpaired) electrons. The molecule has 5 aliphatic carbocycles. The van der Waals surface area contributed by atoms with Crippen LogP contribution >= 0.6 is 0 Å². The van der Waals surface area contributed by atoms with Gasteiger partial charge in [-0.1, -0.05) is 139 Å². The van der Waals surface area contributed by atoms with E-state index in [1.807, 2.05) is 0 Å². The zero-order valence-electron chi connectivity index (χ0n) is 34.3. The monoisotopic (exact) mass is 683 g/mol. The van der Waals surface area contributed by atoms with Crippen LogP contribution in [0, 0.1) is 50.2 Å². The normalized spacial score (nSPS) is 42.3. The molecule has 1 N–H and O–H groups in total. The molecular weight excluding hydrogens is 601 g/mol. The Labute approximate surface area is 304 Å². The molecule has 284 valence electrons. The van der Waals surface area contributed by atoms with Crippen molar-refractivity contribution in [2.24, 2.45) is 50.2 Å². The second-order valence-corrected chi connectivity index (χ2v) is 21.3. The predicted octanol–water partition coefficient (Wildman–Crippen LogP) is 13.4. The first-order valence-corrected chi connectivity index (χ1v) is 21.9. The molecule has 3 nitrogen and oxygen atoms in total.